The maximum atomic E-state index is 6.26. The molecule has 0 amide bonds. The van der Waals surface area contributed by atoms with Crippen molar-refractivity contribution in [2.45, 2.75) is 6.92 Å². The Hall–Kier alpha value is -7.11. The summed E-state index contributed by atoms with van der Waals surface area (Å²) in [4.78, 5) is 9.80. The molecule has 0 atom stereocenters. The number of fused-ring (bicyclic) bond motifs is 4. The van der Waals surface area contributed by atoms with Gasteiger partial charge >= 0.3 is 0 Å². The van der Waals surface area contributed by atoms with Crippen molar-refractivity contribution in [3.8, 4) is 56.6 Å². The highest BCUT2D eigenvalue weighted by Gasteiger charge is 2.27. The second-order valence-corrected chi connectivity index (χ2v) is 13.3. The Morgan fingerprint density at radius 3 is 1.13 bits per heavy atom. The van der Waals surface area contributed by atoms with Crippen LogP contribution in [-0.4, -0.2) is 4.98 Å². The molecule has 7 aromatic carbocycles. The summed E-state index contributed by atoms with van der Waals surface area (Å²) in [7, 11) is 0. The first kappa shape index (κ1) is 30.7. The van der Waals surface area contributed by atoms with E-state index in [1.54, 1.807) is 0 Å². The van der Waals surface area contributed by atoms with Crippen molar-refractivity contribution >= 4 is 34.1 Å². The molecule has 0 aliphatic carbocycles. The molecule has 10 rings (SSSR count). The molecule has 0 unspecified atom stereocenters. The van der Waals surface area contributed by atoms with Gasteiger partial charge in [-0.05, 0) is 109 Å². The van der Waals surface area contributed by atoms with E-state index in [4.69, 9.17) is 14.5 Å². The number of aromatic nitrogens is 1. The standard InChI is InChI=1S/C48H33N3O2/c1-32-12-2-3-13-38(32)35-30-39(33-22-26-36(27-23-33)50-41-14-4-8-18-45(41)52-46-19-9-5-15-42(46)50)49-40(31-35)34-24-28-37(29-25-34)51-43-16-6-10-20-47(43)53-48-21-11-7-17-44(48)51/h2-31H,1H3. The van der Waals surface area contributed by atoms with Gasteiger partial charge in [0.1, 0.15) is 0 Å². The molecule has 0 fully saturated rings. The summed E-state index contributed by atoms with van der Waals surface area (Å²) in [5.74, 6) is 3.34. The normalized spacial score (nSPS) is 12.5. The fraction of sp³-hybridized carbons (Fsp3) is 0.0208. The lowest BCUT2D eigenvalue weighted by Crippen LogP contribution is -2.15. The molecule has 3 heterocycles. The number of nitrogens with zero attached hydrogens (tertiary/aromatic N) is 3. The number of para-hydroxylation sites is 8. The van der Waals surface area contributed by atoms with E-state index < -0.39 is 0 Å². The monoisotopic (exact) mass is 683 g/mol. The topological polar surface area (TPSA) is 37.8 Å². The minimum Gasteiger partial charge on any atom is -0.453 e. The second-order valence-electron chi connectivity index (χ2n) is 13.3. The SMILES string of the molecule is Cc1ccccc1-c1cc(-c2ccc(N3c4ccccc4Oc4ccccc43)cc2)nc(-c2ccc(N3c4ccccc4Oc4ccccc43)cc2)c1. The number of pyridine rings is 1. The molecule has 2 aliphatic heterocycles. The number of benzene rings is 7. The van der Waals surface area contributed by atoms with Crippen LogP contribution in [0.15, 0.2) is 182 Å². The van der Waals surface area contributed by atoms with E-state index in [-0.39, 0.29) is 0 Å². The lowest BCUT2D eigenvalue weighted by Gasteiger charge is -2.32. The number of hydrogen-bond donors (Lipinski definition) is 0. The van der Waals surface area contributed by atoms with Gasteiger partial charge in [0.05, 0.1) is 34.1 Å². The van der Waals surface area contributed by atoms with Gasteiger partial charge in [-0.3, -0.25) is 0 Å². The summed E-state index contributed by atoms with van der Waals surface area (Å²) >= 11 is 0. The molecule has 0 spiro atoms. The van der Waals surface area contributed by atoms with Gasteiger partial charge in [0.2, 0.25) is 0 Å². The Morgan fingerprint density at radius 2 is 0.736 bits per heavy atom. The largest absolute Gasteiger partial charge is 0.453 e. The summed E-state index contributed by atoms with van der Waals surface area (Å²) in [6, 6.07) is 63.0. The van der Waals surface area contributed by atoms with E-state index in [0.717, 1.165) is 85.2 Å². The smallest absolute Gasteiger partial charge is 0.151 e. The first-order valence-corrected chi connectivity index (χ1v) is 17.8. The zero-order valence-corrected chi connectivity index (χ0v) is 29.0. The number of ether oxygens (including phenoxy) is 2. The van der Waals surface area contributed by atoms with Crippen LogP contribution in [0.2, 0.25) is 0 Å². The van der Waals surface area contributed by atoms with Crippen LogP contribution in [0.4, 0.5) is 34.1 Å². The third kappa shape index (κ3) is 5.38. The molecule has 0 saturated carbocycles. The maximum Gasteiger partial charge on any atom is 0.151 e. The fourth-order valence-corrected chi connectivity index (χ4v) is 7.41. The van der Waals surface area contributed by atoms with Crippen molar-refractivity contribution in [2.75, 3.05) is 9.80 Å². The minimum atomic E-state index is 0.834. The highest BCUT2D eigenvalue weighted by Crippen LogP contribution is 2.51. The summed E-state index contributed by atoms with van der Waals surface area (Å²) in [6.07, 6.45) is 0. The van der Waals surface area contributed by atoms with Gasteiger partial charge in [0.15, 0.2) is 23.0 Å². The van der Waals surface area contributed by atoms with Gasteiger partial charge in [0, 0.05) is 22.5 Å². The zero-order valence-electron chi connectivity index (χ0n) is 29.0. The molecule has 5 heteroatoms. The Labute approximate surface area is 308 Å². The summed E-state index contributed by atoms with van der Waals surface area (Å²) in [5, 5.41) is 0. The Kier molecular flexibility index (Phi) is 7.29. The van der Waals surface area contributed by atoms with Crippen molar-refractivity contribution in [2.24, 2.45) is 0 Å². The van der Waals surface area contributed by atoms with E-state index in [1.807, 2.05) is 72.8 Å². The van der Waals surface area contributed by atoms with Crippen molar-refractivity contribution in [1.29, 1.82) is 0 Å². The van der Waals surface area contributed by atoms with Gasteiger partial charge in [-0.2, -0.15) is 0 Å². The highest BCUT2D eigenvalue weighted by atomic mass is 16.5. The van der Waals surface area contributed by atoms with Crippen molar-refractivity contribution in [1.82, 2.24) is 4.98 Å². The number of rotatable bonds is 5. The number of anilines is 6. The lowest BCUT2D eigenvalue weighted by atomic mass is 9.97. The molecule has 2 aliphatic rings. The predicted molar refractivity (Wildman–Crippen MR) is 215 cm³/mol. The number of hydrogen-bond acceptors (Lipinski definition) is 5. The summed E-state index contributed by atoms with van der Waals surface area (Å²) in [6.45, 7) is 2.16. The Morgan fingerprint density at radius 1 is 0.377 bits per heavy atom. The Bertz CT molecular complexity index is 2400. The van der Waals surface area contributed by atoms with Crippen LogP contribution in [0, 0.1) is 6.92 Å². The van der Waals surface area contributed by atoms with Crippen LogP contribution >= 0.6 is 0 Å². The average Bonchev–Trinajstić information content (AvgIpc) is 3.22. The molecule has 0 N–H and O–H groups in total. The third-order valence-electron chi connectivity index (χ3n) is 9.99. The lowest BCUT2D eigenvalue weighted by molar-refractivity contribution is 0.477. The highest BCUT2D eigenvalue weighted by molar-refractivity contribution is 5.89. The third-order valence-corrected chi connectivity index (χ3v) is 9.99. The quantitative estimate of drug-likeness (QED) is 0.180. The van der Waals surface area contributed by atoms with Gasteiger partial charge in [-0.25, -0.2) is 4.98 Å². The molecule has 0 saturated heterocycles. The van der Waals surface area contributed by atoms with Crippen molar-refractivity contribution in [3.05, 3.63) is 188 Å². The fourth-order valence-electron chi connectivity index (χ4n) is 7.41. The van der Waals surface area contributed by atoms with Gasteiger partial charge in [0.25, 0.3) is 0 Å². The van der Waals surface area contributed by atoms with Crippen LogP contribution in [0.3, 0.4) is 0 Å². The molecular weight excluding hydrogens is 651 g/mol. The van der Waals surface area contributed by atoms with Crippen LogP contribution in [0.25, 0.3) is 33.6 Å². The van der Waals surface area contributed by atoms with Crippen LogP contribution in [-0.2, 0) is 0 Å². The van der Waals surface area contributed by atoms with Crippen LogP contribution in [0.1, 0.15) is 5.56 Å². The molecule has 252 valence electrons. The van der Waals surface area contributed by atoms with Gasteiger partial charge in [-0.1, -0.05) is 97.1 Å². The number of aryl methyl sites for hydroxylation is 1. The van der Waals surface area contributed by atoms with E-state index in [2.05, 4.69) is 126 Å². The first-order chi connectivity index (χ1) is 26.2. The van der Waals surface area contributed by atoms with Gasteiger partial charge < -0.3 is 19.3 Å². The van der Waals surface area contributed by atoms with E-state index in [9.17, 15) is 0 Å². The molecule has 1 aromatic heterocycles. The van der Waals surface area contributed by atoms with Crippen LogP contribution in [0.5, 0.6) is 23.0 Å². The average molecular weight is 684 g/mol. The zero-order chi connectivity index (χ0) is 35.3. The van der Waals surface area contributed by atoms with Crippen molar-refractivity contribution in [3.63, 3.8) is 0 Å². The molecular formula is C48H33N3O2. The molecule has 8 aromatic rings. The van der Waals surface area contributed by atoms with Crippen LogP contribution < -0.4 is 19.3 Å². The summed E-state index contributed by atoms with van der Waals surface area (Å²) in [5.41, 5.74) is 13.6. The van der Waals surface area contributed by atoms with E-state index >= 15 is 0 Å². The molecule has 5 nitrogen and oxygen atoms in total. The van der Waals surface area contributed by atoms with E-state index in [0.29, 0.717) is 0 Å². The first-order valence-electron chi connectivity index (χ1n) is 17.8. The van der Waals surface area contributed by atoms with E-state index in [1.165, 1.54) is 11.1 Å². The molecule has 53 heavy (non-hydrogen) atoms. The maximum absolute atomic E-state index is 6.26. The Balaban J connectivity index is 1.05. The predicted octanol–water partition coefficient (Wildman–Crippen LogP) is 13.5. The minimum absolute atomic E-state index is 0.834. The second kappa shape index (κ2) is 12.6. The summed E-state index contributed by atoms with van der Waals surface area (Å²) < 4.78 is 12.5. The molecule has 0 bridgehead atoms. The van der Waals surface area contributed by atoms with Crippen molar-refractivity contribution < 1.29 is 9.47 Å². The molecule has 0 radical (unpaired) electrons. The van der Waals surface area contributed by atoms with Gasteiger partial charge in [-0.15, -0.1) is 0 Å².